The molecule has 0 aliphatic carbocycles. The standard InChI is InChI=1S/C14H12F3NOS/c15-11-2-4-14(13(17)6-11)20(19)8-10-5-9(7-18)1-3-12(10)16/h1-6H,7-8,18H2. The van der Waals surface area contributed by atoms with Crippen LogP contribution in [0, 0.1) is 17.5 Å². The maximum atomic E-state index is 13.6. The van der Waals surface area contributed by atoms with E-state index in [1.165, 1.54) is 18.2 Å². The zero-order chi connectivity index (χ0) is 14.7. The molecule has 2 N–H and O–H groups in total. The van der Waals surface area contributed by atoms with Crippen molar-refractivity contribution in [3.05, 3.63) is 65.0 Å². The summed E-state index contributed by atoms with van der Waals surface area (Å²) in [5, 5.41) is 0. The first-order chi connectivity index (χ1) is 9.51. The normalized spacial score (nSPS) is 12.4. The Kier molecular flexibility index (Phi) is 4.57. The molecule has 0 spiro atoms. The van der Waals surface area contributed by atoms with Crippen LogP contribution in [0.3, 0.4) is 0 Å². The Labute approximate surface area is 116 Å². The molecule has 6 heteroatoms. The van der Waals surface area contributed by atoms with Crippen LogP contribution in [0.1, 0.15) is 11.1 Å². The molecular formula is C14H12F3NOS. The zero-order valence-electron chi connectivity index (χ0n) is 10.4. The second-order valence-corrected chi connectivity index (χ2v) is 5.61. The van der Waals surface area contributed by atoms with Crippen LogP contribution in [-0.2, 0) is 23.1 Å². The molecule has 2 rings (SSSR count). The van der Waals surface area contributed by atoms with Gasteiger partial charge < -0.3 is 5.73 Å². The molecule has 0 saturated heterocycles. The van der Waals surface area contributed by atoms with Crippen LogP contribution in [0.15, 0.2) is 41.3 Å². The number of halogens is 3. The van der Waals surface area contributed by atoms with Crippen molar-refractivity contribution in [3.63, 3.8) is 0 Å². The van der Waals surface area contributed by atoms with Crippen molar-refractivity contribution in [2.75, 3.05) is 0 Å². The minimum Gasteiger partial charge on any atom is -0.326 e. The van der Waals surface area contributed by atoms with Gasteiger partial charge in [0.05, 0.1) is 21.4 Å². The third-order valence-corrected chi connectivity index (χ3v) is 4.17. The Morgan fingerprint density at radius 3 is 2.40 bits per heavy atom. The lowest BCUT2D eigenvalue weighted by Gasteiger charge is -2.07. The van der Waals surface area contributed by atoms with Gasteiger partial charge in [0.25, 0.3) is 0 Å². The number of benzene rings is 2. The monoisotopic (exact) mass is 299 g/mol. The molecule has 0 fully saturated rings. The highest BCUT2D eigenvalue weighted by Gasteiger charge is 2.14. The van der Waals surface area contributed by atoms with E-state index in [9.17, 15) is 17.4 Å². The summed E-state index contributed by atoms with van der Waals surface area (Å²) in [4.78, 5) is -0.149. The second kappa shape index (κ2) is 6.19. The van der Waals surface area contributed by atoms with Crippen LogP contribution in [-0.4, -0.2) is 4.21 Å². The molecule has 106 valence electrons. The fourth-order valence-corrected chi connectivity index (χ4v) is 2.90. The summed E-state index contributed by atoms with van der Waals surface area (Å²) in [6.07, 6.45) is 0. The number of nitrogens with two attached hydrogens (primary N) is 1. The summed E-state index contributed by atoms with van der Waals surface area (Å²) < 4.78 is 52.0. The molecule has 0 amide bonds. The molecule has 0 heterocycles. The number of rotatable bonds is 4. The topological polar surface area (TPSA) is 43.1 Å². The summed E-state index contributed by atoms with van der Waals surface area (Å²) in [5.41, 5.74) is 6.33. The molecular weight excluding hydrogens is 287 g/mol. The highest BCUT2D eigenvalue weighted by atomic mass is 32.2. The molecule has 0 aliphatic rings. The van der Waals surface area contributed by atoms with Gasteiger partial charge in [-0.05, 0) is 23.8 Å². The third-order valence-electron chi connectivity index (χ3n) is 2.77. The lowest BCUT2D eigenvalue weighted by molar-refractivity contribution is 0.561. The van der Waals surface area contributed by atoms with Crippen LogP contribution in [0.2, 0.25) is 0 Å². The summed E-state index contributed by atoms with van der Waals surface area (Å²) in [6, 6.07) is 7.03. The van der Waals surface area contributed by atoms with Crippen LogP contribution < -0.4 is 5.73 Å². The summed E-state index contributed by atoms with van der Waals surface area (Å²) >= 11 is 0. The zero-order valence-corrected chi connectivity index (χ0v) is 11.2. The van der Waals surface area contributed by atoms with E-state index < -0.39 is 28.3 Å². The average molecular weight is 299 g/mol. The highest BCUT2D eigenvalue weighted by Crippen LogP contribution is 2.19. The van der Waals surface area contributed by atoms with E-state index in [4.69, 9.17) is 5.73 Å². The molecule has 1 unspecified atom stereocenters. The third kappa shape index (κ3) is 3.26. The summed E-state index contributed by atoms with van der Waals surface area (Å²) in [5.74, 6) is -2.38. The van der Waals surface area contributed by atoms with Crippen LogP contribution in [0.25, 0.3) is 0 Å². The van der Waals surface area contributed by atoms with E-state index in [1.807, 2.05) is 0 Å². The van der Waals surface area contributed by atoms with Crippen molar-refractivity contribution < 1.29 is 17.4 Å². The fourth-order valence-electron chi connectivity index (χ4n) is 1.74. The molecule has 0 aromatic heterocycles. The van der Waals surface area contributed by atoms with Gasteiger partial charge in [0.15, 0.2) is 0 Å². The molecule has 0 bridgehead atoms. The van der Waals surface area contributed by atoms with Gasteiger partial charge in [-0.2, -0.15) is 0 Å². The van der Waals surface area contributed by atoms with E-state index in [0.717, 1.165) is 12.1 Å². The molecule has 2 nitrogen and oxygen atoms in total. The van der Waals surface area contributed by atoms with Gasteiger partial charge in [0.1, 0.15) is 17.5 Å². The minimum absolute atomic E-state index is 0.149. The van der Waals surface area contributed by atoms with Crippen LogP contribution in [0.4, 0.5) is 13.2 Å². The van der Waals surface area contributed by atoms with E-state index in [2.05, 4.69) is 0 Å². The number of hydrogen-bond acceptors (Lipinski definition) is 2. The summed E-state index contributed by atoms with van der Waals surface area (Å²) in [6.45, 7) is 0.227. The SMILES string of the molecule is NCc1ccc(F)c(CS(=O)c2ccc(F)cc2F)c1. The lowest BCUT2D eigenvalue weighted by Crippen LogP contribution is -2.04. The molecule has 2 aromatic rings. The lowest BCUT2D eigenvalue weighted by atomic mass is 10.1. The summed E-state index contributed by atoms with van der Waals surface area (Å²) in [7, 11) is -1.80. The first-order valence-corrected chi connectivity index (χ1v) is 7.14. The van der Waals surface area contributed by atoms with Gasteiger partial charge in [0.2, 0.25) is 0 Å². The van der Waals surface area contributed by atoms with Crippen molar-refractivity contribution >= 4 is 10.8 Å². The largest absolute Gasteiger partial charge is 0.326 e. The molecule has 0 aliphatic heterocycles. The highest BCUT2D eigenvalue weighted by molar-refractivity contribution is 7.84. The Balaban J connectivity index is 2.27. The molecule has 0 radical (unpaired) electrons. The second-order valence-electron chi connectivity index (χ2n) is 4.19. The van der Waals surface area contributed by atoms with Gasteiger partial charge in [0, 0.05) is 18.2 Å². The molecule has 20 heavy (non-hydrogen) atoms. The van der Waals surface area contributed by atoms with E-state index in [0.29, 0.717) is 11.6 Å². The van der Waals surface area contributed by atoms with Crippen LogP contribution >= 0.6 is 0 Å². The quantitative estimate of drug-likeness (QED) is 0.943. The van der Waals surface area contributed by atoms with Gasteiger partial charge >= 0.3 is 0 Å². The Morgan fingerprint density at radius 2 is 1.75 bits per heavy atom. The molecule has 2 aromatic carbocycles. The van der Waals surface area contributed by atoms with Crippen molar-refractivity contribution in [2.24, 2.45) is 5.73 Å². The first kappa shape index (κ1) is 14.7. The molecule has 0 saturated carbocycles. The van der Waals surface area contributed by atoms with E-state index in [1.54, 1.807) is 0 Å². The fraction of sp³-hybridized carbons (Fsp3) is 0.143. The van der Waals surface area contributed by atoms with E-state index >= 15 is 0 Å². The minimum atomic E-state index is -1.80. The molecule has 1 atom stereocenters. The Hall–Kier alpha value is -1.66. The average Bonchev–Trinajstić information content (AvgIpc) is 2.41. The van der Waals surface area contributed by atoms with E-state index in [-0.39, 0.29) is 22.8 Å². The Bertz CT molecular complexity index is 661. The van der Waals surface area contributed by atoms with Crippen molar-refractivity contribution in [2.45, 2.75) is 17.2 Å². The van der Waals surface area contributed by atoms with Gasteiger partial charge in [-0.3, -0.25) is 4.21 Å². The Morgan fingerprint density at radius 1 is 1.00 bits per heavy atom. The van der Waals surface area contributed by atoms with Crippen molar-refractivity contribution in [1.82, 2.24) is 0 Å². The predicted octanol–water partition coefficient (Wildman–Crippen LogP) is 2.87. The first-order valence-electron chi connectivity index (χ1n) is 5.82. The van der Waals surface area contributed by atoms with Crippen molar-refractivity contribution in [1.29, 1.82) is 0 Å². The van der Waals surface area contributed by atoms with Gasteiger partial charge in [-0.15, -0.1) is 0 Å². The predicted molar refractivity (Wildman–Crippen MR) is 70.8 cm³/mol. The smallest absolute Gasteiger partial charge is 0.142 e. The van der Waals surface area contributed by atoms with Gasteiger partial charge in [-0.1, -0.05) is 12.1 Å². The number of hydrogen-bond donors (Lipinski definition) is 1. The maximum Gasteiger partial charge on any atom is 0.142 e. The maximum absolute atomic E-state index is 13.6. The van der Waals surface area contributed by atoms with Crippen molar-refractivity contribution in [3.8, 4) is 0 Å². The van der Waals surface area contributed by atoms with Crippen LogP contribution in [0.5, 0.6) is 0 Å². The van der Waals surface area contributed by atoms with Gasteiger partial charge in [-0.25, -0.2) is 13.2 Å².